The molecule has 0 unspecified atom stereocenters. The van der Waals surface area contributed by atoms with Crippen molar-refractivity contribution in [3.8, 4) is 0 Å². The molecule has 3 aliphatic rings. The molecule has 24 heteroatoms. The van der Waals surface area contributed by atoms with Gasteiger partial charge in [0.05, 0.1) is 58.8 Å². The zero-order valence-electron chi connectivity index (χ0n) is 66.4. The van der Waals surface area contributed by atoms with Gasteiger partial charge in [0.25, 0.3) is 8.32 Å². The highest BCUT2D eigenvalue weighted by Crippen LogP contribution is 2.42. The van der Waals surface area contributed by atoms with Crippen LogP contribution < -0.4 is 10.4 Å². The Labute approximate surface area is 700 Å². The Morgan fingerprint density at radius 3 is 0.876 bits per heavy atom. The highest BCUT2D eigenvalue weighted by atomic mass is 28.4. The minimum Gasteiger partial charge on any atom is -0.459 e. The monoisotopic (exact) mass is 1650 g/mol. The topological polar surface area (TPSA) is 278 Å². The predicted molar refractivity (Wildman–Crippen MR) is 443 cm³/mol. The molecule has 0 bridgehead atoms. The predicted octanol–water partition coefficient (Wildman–Crippen LogP) is 13.5. The standard InChI is InChI=1S/C97H90O23Si/c1-97(2,3)121(73-55-33-13-34-56-73,74-57-35-14-36-58-74)110-63-77-78(81(106-59-64-37-15-4-16-38-64)84(94(105)111-77)107-60-65-39-17-5-18-40-65)119-95-86(118-93(104)72-53-31-12-32-54-72)83(116-91(102)70-49-27-10-28-50-70)80(76(113-95)62-109-88(99)67-43-21-7-22-44-67)120-96-85(117-92(103)71-51-29-11-30-52-71)82(115-90(101)69-47-25-9-26-48-69)79(114-89(100)68-45-23-8-24-46-68)75(112-96)61-108-87(98)66-41-19-6-20-42-66/h4-58,75-86,94-96,105H,59-63H2,1-3H3/t75-,76-,77-,78-,79+,80-,81+,82+,83+,84-,85-,86-,94+,95+,96+/m1/s1. The first kappa shape index (κ1) is 85.0. The molecule has 11 aromatic rings. The van der Waals surface area contributed by atoms with Crippen LogP contribution in [0.4, 0.5) is 0 Å². The van der Waals surface area contributed by atoms with Gasteiger partial charge in [-0.15, -0.1) is 0 Å². The molecular formula is C97H90O23Si. The fourth-order valence-electron chi connectivity index (χ4n) is 14.9. The van der Waals surface area contributed by atoms with Crippen molar-refractivity contribution in [3.63, 3.8) is 0 Å². The lowest BCUT2D eigenvalue weighted by atomic mass is 9.94. The Hall–Kier alpha value is -12.4. The SMILES string of the molecule is CC(C)(C)[Si](OC[C@H]1O[C@H](O)[C@H](OCc2ccccc2)[C@@H](OCc2ccccc2)[C@@H]1O[C@@H]1O[C@H](COC(=O)c2ccccc2)[C@@H](O[C@@H]2O[C@H](COC(=O)c3ccccc3)[C@H](OC(=O)c3ccccc3)[C@H](OC(=O)c3ccccc3)[C@H]2OC(=O)c2ccccc2)[C@H](OC(=O)c2ccccc2)[C@H]1OC(=O)c1ccccc1)(c1ccccc1)c1ccccc1. The van der Waals surface area contributed by atoms with Gasteiger partial charge in [-0.05, 0) is 111 Å². The largest absolute Gasteiger partial charge is 0.459 e. The van der Waals surface area contributed by atoms with Gasteiger partial charge in [0.1, 0.15) is 55.9 Å². The summed E-state index contributed by atoms with van der Waals surface area (Å²) in [7, 11) is -3.59. The highest BCUT2D eigenvalue weighted by Gasteiger charge is 2.61. The number of ether oxygens (including phenoxy) is 14. The lowest BCUT2D eigenvalue weighted by Gasteiger charge is -2.51. The molecule has 11 aromatic carbocycles. The zero-order chi connectivity index (χ0) is 84.1. The Morgan fingerprint density at radius 1 is 0.289 bits per heavy atom. The first-order valence-corrected chi connectivity index (χ1v) is 41.6. The van der Waals surface area contributed by atoms with Crippen molar-refractivity contribution >= 4 is 60.5 Å². The average molecular weight is 1650 g/mol. The van der Waals surface area contributed by atoms with Crippen molar-refractivity contribution in [2.75, 3.05) is 19.8 Å². The molecule has 3 fully saturated rings. The van der Waals surface area contributed by atoms with Crippen molar-refractivity contribution in [1.82, 2.24) is 0 Å². The molecule has 0 amide bonds. The quantitative estimate of drug-likeness (QED) is 0.0240. The van der Waals surface area contributed by atoms with E-state index in [1.54, 1.807) is 127 Å². The van der Waals surface area contributed by atoms with Gasteiger partial charge in [-0.25, -0.2) is 33.6 Å². The van der Waals surface area contributed by atoms with E-state index in [1.807, 2.05) is 121 Å². The van der Waals surface area contributed by atoms with Crippen LogP contribution in [0.15, 0.2) is 334 Å². The van der Waals surface area contributed by atoms with Crippen LogP contribution in [0, 0.1) is 0 Å². The molecule has 0 saturated carbocycles. The molecule has 3 heterocycles. The number of hydrogen-bond acceptors (Lipinski definition) is 23. The van der Waals surface area contributed by atoms with Crippen molar-refractivity contribution < 1.29 is 109 Å². The Bertz CT molecular complexity index is 5130. The molecule has 620 valence electrons. The molecule has 1 N–H and O–H groups in total. The first-order chi connectivity index (χ1) is 59.0. The molecule has 23 nitrogen and oxygen atoms in total. The number of hydrogen-bond donors (Lipinski definition) is 1. The van der Waals surface area contributed by atoms with Gasteiger partial charge in [0.15, 0.2) is 49.4 Å². The zero-order valence-corrected chi connectivity index (χ0v) is 67.4. The minimum atomic E-state index is -3.59. The normalized spacial score (nSPS) is 22.8. The third-order valence-corrected chi connectivity index (χ3v) is 25.9. The second kappa shape index (κ2) is 40.5. The Balaban J connectivity index is 0.964. The smallest absolute Gasteiger partial charge is 0.338 e. The van der Waals surface area contributed by atoms with Crippen LogP contribution >= 0.6 is 0 Å². The first-order valence-electron chi connectivity index (χ1n) is 39.7. The summed E-state index contributed by atoms with van der Waals surface area (Å²) < 4.78 is 104. The molecular weight excluding hydrogens is 1560 g/mol. The van der Waals surface area contributed by atoms with Gasteiger partial charge in [-0.3, -0.25) is 0 Å². The van der Waals surface area contributed by atoms with Crippen LogP contribution in [0.25, 0.3) is 0 Å². The maximum Gasteiger partial charge on any atom is 0.338 e. The lowest BCUT2D eigenvalue weighted by molar-refractivity contribution is -0.379. The van der Waals surface area contributed by atoms with Crippen LogP contribution in [0.2, 0.25) is 5.04 Å². The maximum atomic E-state index is 15.7. The third kappa shape index (κ3) is 21.1. The van der Waals surface area contributed by atoms with Crippen molar-refractivity contribution in [2.45, 2.75) is 131 Å². The molecule has 15 atom stereocenters. The Morgan fingerprint density at radius 2 is 0.545 bits per heavy atom. The van der Waals surface area contributed by atoms with Gasteiger partial charge >= 0.3 is 41.8 Å². The summed E-state index contributed by atoms with van der Waals surface area (Å²) in [6.45, 7) is 4.01. The summed E-state index contributed by atoms with van der Waals surface area (Å²) in [6.07, 6.45) is -27.9. The summed E-state index contributed by atoms with van der Waals surface area (Å²) >= 11 is 0. The van der Waals surface area contributed by atoms with E-state index < -0.39 is 160 Å². The van der Waals surface area contributed by atoms with E-state index in [0.29, 0.717) is 11.1 Å². The van der Waals surface area contributed by atoms with E-state index in [0.717, 1.165) is 10.4 Å². The van der Waals surface area contributed by atoms with E-state index in [1.165, 1.54) is 84.9 Å². The molecule has 0 aliphatic carbocycles. The lowest BCUT2D eigenvalue weighted by Crippen LogP contribution is -2.70. The highest BCUT2D eigenvalue weighted by molar-refractivity contribution is 6.99. The second-order valence-corrected chi connectivity index (χ2v) is 34.3. The van der Waals surface area contributed by atoms with Gasteiger partial charge in [0, 0.05) is 0 Å². The molecule has 14 rings (SSSR count). The molecule has 3 aliphatic heterocycles. The van der Waals surface area contributed by atoms with Crippen LogP contribution in [-0.4, -0.2) is 167 Å². The third-order valence-electron chi connectivity index (χ3n) is 20.9. The van der Waals surface area contributed by atoms with Crippen molar-refractivity contribution in [3.05, 3.63) is 384 Å². The summed E-state index contributed by atoms with van der Waals surface area (Å²) in [6, 6.07) is 92.7. The number of benzene rings is 11. The summed E-state index contributed by atoms with van der Waals surface area (Å²) in [5.41, 5.74) is 1.41. The van der Waals surface area contributed by atoms with Crippen molar-refractivity contribution in [2.24, 2.45) is 0 Å². The van der Waals surface area contributed by atoms with Crippen LogP contribution in [0.5, 0.6) is 0 Å². The van der Waals surface area contributed by atoms with Crippen LogP contribution in [0.3, 0.4) is 0 Å². The number of rotatable bonds is 31. The molecule has 0 spiro atoms. The number of esters is 7. The van der Waals surface area contributed by atoms with Gasteiger partial charge in [-0.2, -0.15) is 0 Å². The number of aliphatic hydroxyl groups is 1. The Kier molecular flexibility index (Phi) is 28.5. The molecule has 121 heavy (non-hydrogen) atoms. The van der Waals surface area contributed by atoms with E-state index in [2.05, 4.69) is 20.8 Å². The number of carbonyl (C=O) groups is 7. The minimum absolute atomic E-state index is 0.00779. The average Bonchev–Trinajstić information content (AvgIpc) is 0.741. The van der Waals surface area contributed by atoms with E-state index in [4.69, 9.17) is 70.7 Å². The van der Waals surface area contributed by atoms with E-state index in [-0.39, 0.29) is 58.8 Å². The fourth-order valence-corrected chi connectivity index (χ4v) is 19.5. The van der Waals surface area contributed by atoms with Gasteiger partial charge in [-0.1, -0.05) is 269 Å². The second-order valence-electron chi connectivity index (χ2n) is 30.0. The summed E-state index contributed by atoms with van der Waals surface area (Å²) in [5.74, 6) is -7.01. The number of aliphatic hydroxyl groups excluding tert-OH is 1. The summed E-state index contributed by atoms with van der Waals surface area (Å²) in [5, 5.41) is 14.0. The fraction of sp³-hybridized carbons (Fsp3) is 0.247. The van der Waals surface area contributed by atoms with E-state index in [9.17, 15) is 19.5 Å². The molecule has 0 aromatic heterocycles. The van der Waals surface area contributed by atoms with Crippen LogP contribution in [-0.2, 0) is 84.0 Å². The number of carbonyl (C=O) groups excluding carboxylic acids is 7. The molecule has 3 saturated heterocycles. The van der Waals surface area contributed by atoms with Gasteiger partial charge in [0.2, 0.25) is 0 Å². The maximum absolute atomic E-state index is 15.7. The van der Waals surface area contributed by atoms with Crippen molar-refractivity contribution in [1.29, 1.82) is 0 Å². The van der Waals surface area contributed by atoms with Gasteiger partial charge < -0.3 is 75.8 Å². The van der Waals surface area contributed by atoms with E-state index >= 15 is 19.2 Å². The van der Waals surface area contributed by atoms with Crippen LogP contribution in [0.1, 0.15) is 104 Å². The summed E-state index contributed by atoms with van der Waals surface area (Å²) in [4.78, 5) is 106. The molecule has 0 radical (unpaired) electrons.